The van der Waals surface area contributed by atoms with E-state index in [0.29, 0.717) is 5.56 Å². The van der Waals surface area contributed by atoms with Crippen LogP contribution in [0.2, 0.25) is 0 Å². The Balaban J connectivity index is 2.86. The molecular formula is C7H5Br2NO+. The summed E-state index contributed by atoms with van der Waals surface area (Å²) < 4.78 is 1.19. The van der Waals surface area contributed by atoms with E-state index >= 15 is 0 Å². The Kier molecular flexibility index (Phi) is 3.23. The predicted octanol–water partition coefficient (Wildman–Crippen LogP) is 2.59. The first-order valence-corrected chi connectivity index (χ1v) is 4.35. The third-order valence-electron chi connectivity index (χ3n) is 1.17. The van der Waals surface area contributed by atoms with Gasteiger partial charge < -0.3 is 0 Å². The summed E-state index contributed by atoms with van der Waals surface area (Å²) in [6, 6.07) is 8.99. The van der Waals surface area contributed by atoms with Gasteiger partial charge in [-0.1, -0.05) is 18.2 Å². The number of carbonyl (C=O) groups is 1. The Morgan fingerprint density at radius 2 is 1.73 bits per heavy atom. The third-order valence-corrected chi connectivity index (χ3v) is 1.82. The van der Waals surface area contributed by atoms with Crippen LogP contribution >= 0.6 is 32.3 Å². The molecule has 0 bridgehead atoms. The number of hydrogen-bond acceptors (Lipinski definition) is 1. The molecule has 0 aliphatic rings. The first-order chi connectivity index (χ1) is 5.22. The number of rotatable bonds is 1. The number of benzene rings is 1. The molecule has 1 aromatic rings. The van der Waals surface area contributed by atoms with E-state index in [1.165, 1.54) is 2.95 Å². The molecule has 4 heteroatoms. The molecule has 0 fully saturated rings. The number of carbonyl (C=O) groups excluding carboxylic acids is 1. The molecule has 0 saturated carbocycles. The summed E-state index contributed by atoms with van der Waals surface area (Å²) in [5.74, 6) is -0.120. The van der Waals surface area contributed by atoms with Gasteiger partial charge in [0, 0.05) is 0 Å². The maximum atomic E-state index is 11.2. The van der Waals surface area contributed by atoms with Crippen LogP contribution in [-0.4, -0.2) is 5.91 Å². The van der Waals surface area contributed by atoms with Crippen molar-refractivity contribution < 1.29 is 4.79 Å². The van der Waals surface area contributed by atoms with Crippen LogP contribution in [0.5, 0.6) is 0 Å². The molecule has 0 unspecified atom stereocenters. The lowest BCUT2D eigenvalue weighted by atomic mass is 10.2. The van der Waals surface area contributed by atoms with Crippen molar-refractivity contribution in [1.82, 2.24) is 2.95 Å². The van der Waals surface area contributed by atoms with E-state index in [2.05, 4.69) is 32.3 Å². The molecule has 0 spiro atoms. The van der Waals surface area contributed by atoms with Crippen LogP contribution < -0.4 is 2.95 Å². The van der Waals surface area contributed by atoms with Gasteiger partial charge in [0.05, 0.1) is 8.52 Å². The van der Waals surface area contributed by atoms with Crippen molar-refractivity contribution in [3.8, 4) is 0 Å². The number of halogens is 2. The van der Waals surface area contributed by atoms with Gasteiger partial charge in [0.1, 0.15) is 0 Å². The third kappa shape index (κ3) is 2.39. The predicted molar refractivity (Wildman–Crippen MR) is 50.8 cm³/mol. The van der Waals surface area contributed by atoms with Gasteiger partial charge in [0.25, 0.3) is 0 Å². The molecule has 0 aliphatic carbocycles. The molecule has 2 nitrogen and oxygen atoms in total. The Bertz CT molecular complexity index is 248. The highest BCUT2D eigenvalue weighted by Crippen LogP contribution is 2.08. The second-order valence-electron chi connectivity index (χ2n) is 1.90. The van der Waals surface area contributed by atoms with E-state index in [-0.39, 0.29) is 5.91 Å². The molecule has 0 saturated heterocycles. The second-order valence-corrected chi connectivity index (χ2v) is 4.27. The van der Waals surface area contributed by atoms with E-state index in [0.717, 1.165) is 0 Å². The molecule has 0 aliphatic heterocycles. The van der Waals surface area contributed by atoms with Crippen molar-refractivity contribution in [2.24, 2.45) is 0 Å². The van der Waals surface area contributed by atoms with Gasteiger partial charge in [-0.05, 0) is 12.1 Å². The molecule has 0 heterocycles. The monoisotopic (exact) mass is 277 g/mol. The van der Waals surface area contributed by atoms with Crippen LogP contribution in [0.1, 0.15) is 10.4 Å². The highest BCUT2D eigenvalue weighted by molar-refractivity contribution is 9.22. The highest BCUT2D eigenvalue weighted by atomic mass is 79.9. The number of nitrogens with zero attached hydrogens (tertiary/aromatic N) is 1. The van der Waals surface area contributed by atoms with E-state index in [1.54, 1.807) is 12.1 Å². The van der Waals surface area contributed by atoms with Gasteiger partial charge in [-0.3, -0.25) is 0 Å². The smallest absolute Gasteiger partial charge is 0.218 e. The minimum Gasteiger partial charge on any atom is -0.218 e. The molecule has 11 heavy (non-hydrogen) atoms. The first-order valence-electron chi connectivity index (χ1n) is 2.93. The maximum absolute atomic E-state index is 11.2. The van der Waals surface area contributed by atoms with Crippen molar-refractivity contribution in [2.45, 2.75) is 0 Å². The maximum Gasteiger partial charge on any atom is 0.416 e. The van der Waals surface area contributed by atoms with Crippen molar-refractivity contribution in [3.05, 3.63) is 35.9 Å². The van der Waals surface area contributed by atoms with Crippen molar-refractivity contribution in [3.63, 3.8) is 0 Å². The standard InChI is InChI=1S/C7H5Br2NO/c8-10(9)7(11)6-4-2-1-3-5-6/h1-5H/q+1. The lowest BCUT2D eigenvalue weighted by Crippen LogP contribution is -2.14. The SMILES string of the molecule is O=C(c1ccccc1)[N+](Br)Br. The first kappa shape index (κ1) is 8.90. The normalized spacial score (nSPS) is 10.1. The molecule has 1 rings (SSSR count). The van der Waals surface area contributed by atoms with Crippen LogP contribution in [-0.2, 0) is 0 Å². The van der Waals surface area contributed by atoms with Crippen molar-refractivity contribution in [1.29, 1.82) is 0 Å². The average molecular weight is 279 g/mol. The van der Waals surface area contributed by atoms with E-state index in [1.807, 2.05) is 18.2 Å². The van der Waals surface area contributed by atoms with Gasteiger partial charge in [-0.15, -0.1) is 0 Å². The average Bonchev–Trinajstić information content (AvgIpc) is 2.05. The lowest BCUT2D eigenvalue weighted by Gasteiger charge is -1.90. The van der Waals surface area contributed by atoms with Crippen LogP contribution in [0.25, 0.3) is 0 Å². The molecule has 0 aromatic heterocycles. The fourth-order valence-corrected chi connectivity index (χ4v) is 1.09. The molecule has 1 radical (unpaired) electrons. The fraction of sp³-hybridized carbons (Fsp3) is 0. The molecule has 57 valence electrons. The zero-order valence-corrected chi connectivity index (χ0v) is 8.67. The summed E-state index contributed by atoms with van der Waals surface area (Å²) in [6.07, 6.45) is 0. The fourth-order valence-electron chi connectivity index (χ4n) is 0.678. The van der Waals surface area contributed by atoms with E-state index in [4.69, 9.17) is 0 Å². The van der Waals surface area contributed by atoms with Crippen molar-refractivity contribution >= 4 is 38.2 Å². The Labute approximate surface area is 81.9 Å². The highest BCUT2D eigenvalue weighted by Gasteiger charge is 2.22. The second kappa shape index (κ2) is 3.99. The van der Waals surface area contributed by atoms with Crippen LogP contribution in [0.3, 0.4) is 0 Å². The van der Waals surface area contributed by atoms with Gasteiger partial charge in [0.15, 0.2) is 0 Å². The summed E-state index contributed by atoms with van der Waals surface area (Å²) >= 11 is 5.95. The van der Waals surface area contributed by atoms with Crippen LogP contribution in [0.15, 0.2) is 30.3 Å². The van der Waals surface area contributed by atoms with Crippen LogP contribution in [0.4, 0.5) is 0 Å². The molecule has 1 aromatic carbocycles. The van der Waals surface area contributed by atoms with Crippen LogP contribution in [0, 0.1) is 0 Å². The number of amides is 1. The minimum absolute atomic E-state index is 0.120. The molecule has 0 N–H and O–H groups in total. The summed E-state index contributed by atoms with van der Waals surface area (Å²) in [6.45, 7) is 0. The van der Waals surface area contributed by atoms with E-state index < -0.39 is 0 Å². The molecule has 1 amide bonds. The van der Waals surface area contributed by atoms with Gasteiger partial charge in [-0.2, -0.15) is 0 Å². The Morgan fingerprint density at radius 3 is 2.18 bits per heavy atom. The lowest BCUT2D eigenvalue weighted by molar-refractivity contribution is 0.0974. The molecular weight excluding hydrogens is 274 g/mol. The minimum atomic E-state index is -0.120. The van der Waals surface area contributed by atoms with Crippen molar-refractivity contribution in [2.75, 3.05) is 0 Å². The van der Waals surface area contributed by atoms with Gasteiger partial charge >= 0.3 is 38.2 Å². The van der Waals surface area contributed by atoms with Gasteiger partial charge in [0.2, 0.25) is 0 Å². The molecule has 0 atom stereocenters. The Morgan fingerprint density at radius 1 is 1.18 bits per heavy atom. The topological polar surface area (TPSA) is 23.0 Å². The number of hydrogen-bond donors (Lipinski definition) is 0. The Hall–Kier alpha value is -0.190. The summed E-state index contributed by atoms with van der Waals surface area (Å²) in [7, 11) is 0. The zero-order valence-electron chi connectivity index (χ0n) is 5.50. The largest absolute Gasteiger partial charge is 0.416 e. The summed E-state index contributed by atoms with van der Waals surface area (Å²) in [4.78, 5) is 11.2. The quantitative estimate of drug-likeness (QED) is 0.724. The zero-order chi connectivity index (χ0) is 8.27. The summed E-state index contributed by atoms with van der Waals surface area (Å²) in [5, 5.41) is 0. The van der Waals surface area contributed by atoms with E-state index in [9.17, 15) is 4.79 Å². The summed E-state index contributed by atoms with van der Waals surface area (Å²) in [5.41, 5.74) is 0.640. The van der Waals surface area contributed by atoms with Gasteiger partial charge in [-0.25, -0.2) is 4.79 Å².